The van der Waals surface area contributed by atoms with Gasteiger partial charge < -0.3 is 44.4 Å². The summed E-state index contributed by atoms with van der Waals surface area (Å²) in [5, 5.41) is 37.5. The number of hydrogen-bond donors (Lipinski definition) is 4. The van der Waals surface area contributed by atoms with Crippen LogP contribution in [-0.4, -0.2) is 102 Å². The molecule has 316 valence electrons. The average molecular weight is 822 g/mol. The molecule has 5 N–H and O–H groups in total. The van der Waals surface area contributed by atoms with E-state index in [2.05, 4.69) is 0 Å². The molecule has 4 aliphatic rings. The number of fused-ring (bicyclic) bond motifs is 5. The number of nitrogens with two attached hydrogens (primary N) is 1. The van der Waals surface area contributed by atoms with Crippen LogP contribution >= 0.6 is 0 Å². The Bertz CT molecular complexity index is 1960. The summed E-state index contributed by atoms with van der Waals surface area (Å²) in [7, 11) is -2.69. The van der Waals surface area contributed by atoms with Gasteiger partial charge >= 0.3 is 17.9 Å². The standard InChI is InChI=1S/C44H59NO12Si/c1-24-28(54-39(51)34(57-58(9,10)40(3,4)5)32(45)26-17-13-11-14-18-26)22-44(52)37(55-38(50)27-19-15-12-16-20-27)35-42(8,36(49)33(48)31(24)41(44,6)7)29(47)21-30-43(35,23-53-30)56-25(2)46/h11-20,28-30,32-35,37,47-48,52H,21-23,45H2,1-10H3/t28-,29-,30+,32-,33+,34+,35-,37-,42+,43-,44+/m0/s1. The van der Waals surface area contributed by atoms with Gasteiger partial charge in [-0.25, -0.2) is 9.59 Å². The van der Waals surface area contributed by atoms with E-state index in [1.54, 1.807) is 63.2 Å². The van der Waals surface area contributed by atoms with E-state index in [0.717, 1.165) is 0 Å². The number of aliphatic hydroxyl groups is 3. The molecule has 3 aliphatic carbocycles. The average Bonchev–Trinajstić information content (AvgIpc) is 3.15. The summed E-state index contributed by atoms with van der Waals surface area (Å²) in [6.07, 6.45) is -9.22. The Morgan fingerprint density at radius 1 is 0.966 bits per heavy atom. The summed E-state index contributed by atoms with van der Waals surface area (Å²) < 4.78 is 31.4. The molecule has 11 atom stereocenters. The molecule has 0 unspecified atom stereocenters. The van der Waals surface area contributed by atoms with Gasteiger partial charge in [-0.3, -0.25) is 9.59 Å². The first kappa shape index (κ1) is 43.8. The Morgan fingerprint density at radius 2 is 1.55 bits per heavy atom. The molecular formula is C44H59NO12Si. The van der Waals surface area contributed by atoms with E-state index in [-0.39, 0.29) is 29.2 Å². The van der Waals surface area contributed by atoms with Crippen molar-refractivity contribution in [3.63, 3.8) is 0 Å². The molecule has 0 amide bonds. The summed E-state index contributed by atoms with van der Waals surface area (Å²) in [6, 6.07) is 16.1. The lowest BCUT2D eigenvalue weighted by molar-refractivity contribution is -0.346. The fraction of sp³-hybridized carbons (Fsp3) is 0.591. The molecule has 13 nitrogen and oxygen atoms in total. The van der Waals surface area contributed by atoms with E-state index >= 15 is 4.79 Å². The molecule has 14 heteroatoms. The first-order valence-electron chi connectivity index (χ1n) is 19.9. The van der Waals surface area contributed by atoms with Crippen molar-refractivity contribution in [2.75, 3.05) is 6.61 Å². The fourth-order valence-corrected chi connectivity index (χ4v) is 10.8. The highest BCUT2D eigenvalue weighted by Crippen LogP contribution is 2.64. The van der Waals surface area contributed by atoms with Crippen LogP contribution in [0.3, 0.4) is 0 Å². The topological polar surface area (TPSA) is 201 Å². The normalized spacial score (nSPS) is 34.2. The van der Waals surface area contributed by atoms with Gasteiger partial charge in [-0.1, -0.05) is 83.1 Å². The van der Waals surface area contributed by atoms with Gasteiger partial charge in [0, 0.05) is 25.2 Å². The van der Waals surface area contributed by atoms with E-state index in [9.17, 15) is 29.7 Å². The Labute approximate surface area is 341 Å². The second-order valence-corrected chi connectivity index (χ2v) is 23.6. The number of ether oxygens (including phenoxy) is 4. The summed E-state index contributed by atoms with van der Waals surface area (Å²) in [4.78, 5) is 56.8. The molecule has 2 bridgehead atoms. The second-order valence-electron chi connectivity index (χ2n) is 18.8. The van der Waals surface area contributed by atoms with Gasteiger partial charge in [0.2, 0.25) is 0 Å². The number of Topliss-reactive ketones (excluding diaryl/α,β-unsaturated/α-hetero) is 1. The van der Waals surface area contributed by atoms with E-state index in [1.165, 1.54) is 26.0 Å². The van der Waals surface area contributed by atoms with Gasteiger partial charge in [-0.15, -0.1) is 0 Å². The number of aliphatic hydroxyl groups excluding tert-OH is 2. The quantitative estimate of drug-likeness (QED) is 0.117. The monoisotopic (exact) mass is 821 g/mol. The number of carbonyl (C=O) groups excluding carboxylic acids is 4. The maximum absolute atomic E-state index is 15.1. The zero-order valence-electron chi connectivity index (χ0n) is 35.1. The Balaban J connectivity index is 1.54. The molecule has 1 saturated heterocycles. The Hall–Kier alpha value is -3.76. The molecule has 0 aromatic heterocycles. The number of benzene rings is 2. The minimum atomic E-state index is -2.69. The molecule has 2 aromatic rings. The number of rotatable bonds is 9. The predicted molar refractivity (Wildman–Crippen MR) is 214 cm³/mol. The van der Waals surface area contributed by atoms with Crippen molar-refractivity contribution >= 4 is 32.0 Å². The van der Waals surface area contributed by atoms with Crippen LogP contribution in [0.25, 0.3) is 0 Å². The van der Waals surface area contributed by atoms with Crippen LogP contribution in [0.15, 0.2) is 71.8 Å². The lowest BCUT2D eigenvalue weighted by Crippen LogP contribution is -2.81. The SMILES string of the molecule is CC(=O)O[C@@]12CO[C@@H]1C[C@H](O)[C@@]1(C)C(=O)[C@H](O)C3=C(C)[C@@H](OC(=O)[C@H](O[Si](C)(C)C(C)(C)C)[C@@H](N)c4ccccc4)C[C@@](O)([C@@H](OC(=O)c4ccccc4)[C@H]21)C3(C)C. The first-order valence-corrected chi connectivity index (χ1v) is 22.9. The summed E-state index contributed by atoms with van der Waals surface area (Å²) in [5.41, 5.74) is 0.460. The maximum atomic E-state index is 15.1. The van der Waals surface area contributed by atoms with Gasteiger partial charge in [0.05, 0.1) is 35.6 Å². The van der Waals surface area contributed by atoms with Crippen LogP contribution < -0.4 is 5.73 Å². The second kappa shape index (κ2) is 15.1. The van der Waals surface area contributed by atoms with Gasteiger partial charge in [-0.2, -0.15) is 0 Å². The lowest BCUT2D eigenvalue weighted by atomic mass is 9.44. The highest BCUT2D eigenvalue weighted by atomic mass is 28.4. The fourth-order valence-electron chi connectivity index (χ4n) is 9.59. The van der Waals surface area contributed by atoms with E-state index in [1.807, 2.05) is 39.9 Å². The molecular weight excluding hydrogens is 763 g/mol. The molecule has 1 aliphatic heterocycles. The highest BCUT2D eigenvalue weighted by molar-refractivity contribution is 6.74. The third-order valence-electron chi connectivity index (χ3n) is 14.1. The minimum Gasteiger partial charge on any atom is -0.456 e. The van der Waals surface area contributed by atoms with Crippen molar-refractivity contribution in [1.82, 2.24) is 0 Å². The van der Waals surface area contributed by atoms with Gasteiger partial charge in [-0.05, 0) is 60.8 Å². The first-order chi connectivity index (χ1) is 26.8. The van der Waals surface area contributed by atoms with Gasteiger partial charge in [0.25, 0.3) is 0 Å². The van der Waals surface area contributed by atoms with E-state index in [0.29, 0.717) is 11.1 Å². The Kier molecular flexibility index (Phi) is 11.4. The zero-order chi connectivity index (χ0) is 43.0. The van der Waals surface area contributed by atoms with Crippen LogP contribution in [0.2, 0.25) is 18.1 Å². The number of ketones is 1. The van der Waals surface area contributed by atoms with Gasteiger partial charge in [0.1, 0.15) is 30.0 Å². The van der Waals surface area contributed by atoms with Crippen molar-refractivity contribution in [2.24, 2.45) is 22.5 Å². The Morgan fingerprint density at radius 3 is 2.09 bits per heavy atom. The predicted octanol–water partition coefficient (Wildman–Crippen LogP) is 4.72. The summed E-state index contributed by atoms with van der Waals surface area (Å²) in [6.45, 7) is 17.3. The number of esters is 3. The number of carbonyl (C=O) groups is 4. The molecule has 6 rings (SSSR count). The third-order valence-corrected chi connectivity index (χ3v) is 18.6. The van der Waals surface area contributed by atoms with Crippen LogP contribution in [0.1, 0.15) is 90.2 Å². The largest absolute Gasteiger partial charge is 0.456 e. The van der Waals surface area contributed by atoms with Crippen molar-refractivity contribution in [2.45, 2.75) is 140 Å². The molecule has 0 radical (unpaired) electrons. The van der Waals surface area contributed by atoms with Crippen LogP contribution in [0.4, 0.5) is 0 Å². The number of hydrogen-bond acceptors (Lipinski definition) is 13. The summed E-state index contributed by atoms with van der Waals surface area (Å²) in [5.74, 6) is -4.72. The van der Waals surface area contributed by atoms with Crippen molar-refractivity contribution in [3.05, 3.63) is 82.9 Å². The van der Waals surface area contributed by atoms with Crippen molar-refractivity contribution in [1.29, 1.82) is 0 Å². The molecule has 0 spiro atoms. The van der Waals surface area contributed by atoms with Crippen molar-refractivity contribution in [3.8, 4) is 0 Å². The molecule has 3 fully saturated rings. The molecule has 1 heterocycles. The van der Waals surface area contributed by atoms with E-state index in [4.69, 9.17) is 29.1 Å². The summed E-state index contributed by atoms with van der Waals surface area (Å²) >= 11 is 0. The van der Waals surface area contributed by atoms with Crippen LogP contribution in [0, 0.1) is 16.7 Å². The van der Waals surface area contributed by atoms with Crippen LogP contribution in [0.5, 0.6) is 0 Å². The zero-order valence-corrected chi connectivity index (χ0v) is 36.1. The molecule has 58 heavy (non-hydrogen) atoms. The van der Waals surface area contributed by atoms with Crippen molar-refractivity contribution < 1.29 is 57.9 Å². The smallest absolute Gasteiger partial charge is 0.338 e. The highest BCUT2D eigenvalue weighted by Gasteiger charge is 2.78. The minimum absolute atomic E-state index is 0.0411. The lowest BCUT2D eigenvalue weighted by Gasteiger charge is -2.67. The van der Waals surface area contributed by atoms with Crippen LogP contribution in [-0.2, 0) is 37.8 Å². The maximum Gasteiger partial charge on any atom is 0.338 e. The third kappa shape index (κ3) is 6.87. The van der Waals surface area contributed by atoms with Gasteiger partial charge in [0.15, 0.2) is 25.8 Å². The molecule has 2 aromatic carbocycles. The van der Waals surface area contributed by atoms with E-state index < -0.39 is 109 Å². The molecule has 2 saturated carbocycles.